The van der Waals surface area contributed by atoms with Crippen molar-refractivity contribution in [2.45, 2.75) is 0 Å². The minimum absolute atomic E-state index is 0.207. The largest absolute Gasteiger partial charge is 0.484 e. The first-order chi connectivity index (χ1) is 12.7. The highest BCUT2D eigenvalue weighted by atomic mass is 19.1. The van der Waals surface area contributed by atoms with E-state index in [0.717, 1.165) is 0 Å². The lowest BCUT2D eigenvalue weighted by Gasteiger charge is -2.08. The minimum atomic E-state index is -0.421. The second-order valence-corrected chi connectivity index (χ2v) is 5.18. The number of nitrogens with one attached hydrogen (secondary N) is 1. The maximum Gasteiger partial charge on any atom is 0.258 e. The number of hydrogen-bond donors (Lipinski definition) is 1. The van der Waals surface area contributed by atoms with Gasteiger partial charge in [-0.2, -0.15) is 0 Å². The molecule has 134 valence electrons. The van der Waals surface area contributed by atoms with Crippen molar-refractivity contribution in [3.05, 3.63) is 60.6 Å². The summed E-state index contributed by atoms with van der Waals surface area (Å²) in [4.78, 5) is 11.7. The Bertz CT molecular complexity index is 838. The number of carbonyl (C=O) groups excluding carboxylic acids is 1. The average molecular weight is 357 g/mol. The summed E-state index contributed by atoms with van der Waals surface area (Å²) in [6.45, 7) is 0.286. The maximum absolute atomic E-state index is 13.0. The highest BCUT2D eigenvalue weighted by Gasteiger charge is 2.05. The lowest BCUT2D eigenvalue weighted by molar-refractivity contribution is -0.123. The van der Waals surface area contributed by atoms with Crippen molar-refractivity contribution < 1.29 is 23.1 Å². The predicted molar refractivity (Wildman–Crippen MR) is 90.1 cm³/mol. The Labute approximate surface area is 148 Å². The molecule has 3 aromatic rings. The number of carbonyl (C=O) groups is 1. The van der Waals surface area contributed by atoms with Crippen LogP contribution < -0.4 is 14.8 Å². The van der Waals surface area contributed by atoms with Crippen molar-refractivity contribution >= 4 is 5.91 Å². The molecule has 2 heterocycles. The van der Waals surface area contributed by atoms with Gasteiger partial charge in [-0.1, -0.05) is 6.07 Å². The molecule has 26 heavy (non-hydrogen) atoms. The number of aromatic nitrogens is 2. The number of hydrogen-bond acceptors (Lipinski definition) is 6. The number of nitrogens with zero attached hydrogens (tertiary/aromatic N) is 2. The number of ether oxygens (including phenoxy) is 2. The zero-order valence-electron chi connectivity index (χ0n) is 13.7. The highest BCUT2D eigenvalue weighted by molar-refractivity contribution is 5.77. The molecule has 1 amide bonds. The lowest BCUT2D eigenvalue weighted by atomic mass is 10.3. The third-order valence-corrected chi connectivity index (χ3v) is 3.25. The first-order valence-corrected chi connectivity index (χ1v) is 7.86. The van der Waals surface area contributed by atoms with E-state index in [0.29, 0.717) is 23.1 Å². The van der Waals surface area contributed by atoms with Gasteiger partial charge in [-0.05, 0) is 30.3 Å². The summed E-state index contributed by atoms with van der Waals surface area (Å²) in [5.74, 6) is 0.496. The number of benzene rings is 1. The van der Waals surface area contributed by atoms with Crippen molar-refractivity contribution in [1.82, 2.24) is 15.5 Å². The van der Waals surface area contributed by atoms with Gasteiger partial charge in [0.1, 0.15) is 23.9 Å². The van der Waals surface area contributed by atoms with Crippen LogP contribution in [0, 0.1) is 5.82 Å². The molecule has 0 saturated heterocycles. The standard InChI is InChI=1S/C18H16FN3O4/c19-13-3-1-4-14(11-13)26-12-17(23)20-8-10-25-18-7-6-15(21-22-18)16-5-2-9-24-16/h1-7,9,11H,8,10,12H2,(H,20,23). The quantitative estimate of drug-likeness (QED) is 0.623. The smallest absolute Gasteiger partial charge is 0.258 e. The summed E-state index contributed by atoms with van der Waals surface area (Å²) in [5.41, 5.74) is 0.602. The van der Waals surface area contributed by atoms with E-state index in [1.54, 1.807) is 36.6 Å². The van der Waals surface area contributed by atoms with Crippen LogP contribution in [0.4, 0.5) is 4.39 Å². The Morgan fingerprint density at radius 2 is 2.04 bits per heavy atom. The van der Waals surface area contributed by atoms with Crippen LogP contribution >= 0.6 is 0 Å². The van der Waals surface area contributed by atoms with Gasteiger partial charge in [-0.15, -0.1) is 10.2 Å². The van der Waals surface area contributed by atoms with E-state index in [1.165, 1.54) is 18.2 Å². The van der Waals surface area contributed by atoms with Crippen LogP contribution in [0.25, 0.3) is 11.5 Å². The molecule has 1 aromatic carbocycles. The van der Waals surface area contributed by atoms with Gasteiger partial charge in [0.15, 0.2) is 12.4 Å². The summed E-state index contributed by atoms with van der Waals surface area (Å²) in [6.07, 6.45) is 1.56. The van der Waals surface area contributed by atoms with Crippen LogP contribution in [-0.2, 0) is 4.79 Å². The summed E-state index contributed by atoms with van der Waals surface area (Å²) < 4.78 is 28.8. The van der Waals surface area contributed by atoms with Crippen LogP contribution in [-0.4, -0.2) is 35.9 Å². The molecule has 0 spiro atoms. The fraction of sp³-hybridized carbons (Fsp3) is 0.167. The normalized spacial score (nSPS) is 10.3. The fourth-order valence-corrected chi connectivity index (χ4v) is 2.06. The third kappa shape index (κ3) is 5.04. The molecular weight excluding hydrogens is 341 g/mol. The van der Waals surface area contributed by atoms with E-state index < -0.39 is 5.82 Å². The number of amides is 1. The van der Waals surface area contributed by atoms with E-state index in [9.17, 15) is 9.18 Å². The van der Waals surface area contributed by atoms with Gasteiger partial charge < -0.3 is 19.2 Å². The predicted octanol–water partition coefficient (Wildman–Crippen LogP) is 2.45. The van der Waals surface area contributed by atoms with Gasteiger partial charge in [-0.25, -0.2) is 4.39 Å². The SMILES string of the molecule is O=C(COc1cccc(F)c1)NCCOc1ccc(-c2ccco2)nn1. The maximum atomic E-state index is 13.0. The van der Waals surface area contributed by atoms with Gasteiger partial charge in [0, 0.05) is 12.1 Å². The van der Waals surface area contributed by atoms with Crippen LogP contribution in [0.5, 0.6) is 11.6 Å². The molecule has 0 bridgehead atoms. The molecule has 1 N–H and O–H groups in total. The molecule has 7 nitrogen and oxygen atoms in total. The number of rotatable bonds is 8. The van der Waals surface area contributed by atoms with Crippen LogP contribution in [0.15, 0.2) is 59.2 Å². The van der Waals surface area contributed by atoms with Crippen molar-refractivity contribution in [3.63, 3.8) is 0 Å². The van der Waals surface area contributed by atoms with Crippen LogP contribution in [0.3, 0.4) is 0 Å². The molecule has 0 aliphatic carbocycles. The third-order valence-electron chi connectivity index (χ3n) is 3.25. The van der Waals surface area contributed by atoms with Crippen LogP contribution in [0.1, 0.15) is 0 Å². The molecule has 8 heteroatoms. The van der Waals surface area contributed by atoms with Gasteiger partial charge in [0.2, 0.25) is 5.88 Å². The van der Waals surface area contributed by atoms with E-state index in [1.807, 2.05) is 0 Å². The zero-order chi connectivity index (χ0) is 18.2. The van der Waals surface area contributed by atoms with E-state index >= 15 is 0 Å². The molecular formula is C18H16FN3O4. The Morgan fingerprint density at radius 3 is 2.77 bits per heavy atom. The van der Waals surface area contributed by atoms with Crippen molar-refractivity contribution in [2.75, 3.05) is 19.8 Å². The molecule has 0 aliphatic heterocycles. The summed E-state index contributed by atoms with van der Waals surface area (Å²) in [5, 5.41) is 10.6. The summed E-state index contributed by atoms with van der Waals surface area (Å²) in [7, 11) is 0. The number of halogens is 1. The van der Waals surface area contributed by atoms with Gasteiger partial charge in [-0.3, -0.25) is 4.79 Å². The van der Waals surface area contributed by atoms with Crippen LogP contribution in [0.2, 0.25) is 0 Å². The lowest BCUT2D eigenvalue weighted by Crippen LogP contribution is -2.32. The summed E-state index contributed by atoms with van der Waals surface area (Å²) in [6, 6.07) is 12.5. The molecule has 3 rings (SSSR count). The number of furan rings is 1. The van der Waals surface area contributed by atoms with E-state index in [4.69, 9.17) is 13.9 Å². The molecule has 2 aromatic heterocycles. The molecule has 0 aliphatic rings. The Kier molecular flexibility index (Phi) is 5.76. The van der Waals surface area contributed by atoms with E-state index in [2.05, 4.69) is 15.5 Å². The van der Waals surface area contributed by atoms with Gasteiger partial charge >= 0.3 is 0 Å². The second kappa shape index (κ2) is 8.61. The first-order valence-electron chi connectivity index (χ1n) is 7.86. The second-order valence-electron chi connectivity index (χ2n) is 5.18. The molecule has 0 saturated carbocycles. The summed E-state index contributed by atoms with van der Waals surface area (Å²) >= 11 is 0. The molecule has 0 atom stereocenters. The van der Waals surface area contributed by atoms with Gasteiger partial charge in [0.25, 0.3) is 5.91 Å². The molecule has 0 fully saturated rings. The minimum Gasteiger partial charge on any atom is -0.484 e. The Morgan fingerprint density at radius 1 is 1.12 bits per heavy atom. The van der Waals surface area contributed by atoms with E-state index in [-0.39, 0.29) is 25.7 Å². The average Bonchev–Trinajstić information content (AvgIpc) is 3.19. The Balaban J connectivity index is 1.35. The molecule has 0 radical (unpaired) electrons. The highest BCUT2D eigenvalue weighted by Crippen LogP contribution is 2.17. The zero-order valence-corrected chi connectivity index (χ0v) is 13.7. The van der Waals surface area contributed by atoms with Crippen molar-refractivity contribution in [3.8, 4) is 23.1 Å². The molecule has 0 unspecified atom stereocenters. The van der Waals surface area contributed by atoms with Crippen molar-refractivity contribution in [2.24, 2.45) is 0 Å². The topological polar surface area (TPSA) is 86.5 Å². The van der Waals surface area contributed by atoms with Gasteiger partial charge in [0.05, 0.1) is 12.8 Å². The Hall–Kier alpha value is -3.42. The first kappa shape index (κ1) is 17.4. The monoisotopic (exact) mass is 357 g/mol. The fourth-order valence-electron chi connectivity index (χ4n) is 2.06. The van der Waals surface area contributed by atoms with Crippen molar-refractivity contribution in [1.29, 1.82) is 0 Å².